The van der Waals surface area contributed by atoms with Gasteiger partial charge in [-0.15, -0.1) is 11.8 Å². The van der Waals surface area contributed by atoms with Gasteiger partial charge in [-0.2, -0.15) is 0 Å². The van der Waals surface area contributed by atoms with Gasteiger partial charge in [-0.25, -0.2) is 4.99 Å². The maximum Gasteiger partial charge on any atom is 0.0896 e. The Morgan fingerprint density at radius 2 is 1.37 bits per heavy atom. The zero-order valence-electron chi connectivity index (χ0n) is 15.1. The molecule has 0 fully saturated rings. The molecule has 0 amide bonds. The van der Waals surface area contributed by atoms with Crippen LogP contribution in [0.2, 0.25) is 0 Å². The largest absolute Gasteiger partial charge is 0.250 e. The van der Waals surface area contributed by atoms with Gasteiger partial charge in [-0.1, -0.05) is 61.2 Å². The fourth-order valence-corrected chi connectivity index (χ4v) is 4.48. The van der Waals surface area contributed by atoms with E-state index in [1.54, 1.807) is 23.5 Å². The van der Waals surface area contributed by atoms with Crippen LogP contribution in [0.25, 0.3) is 0 Å². The van der Waals surface area contributed by atoms with Crippen LogP contribution in [-0.2, 0) is 0 Å². The van der Waals surface area contributed by atoms with E-state index in [1.807, 2.05) is 30.3 Å². The van der Waals surface area contributed by atoms with Crippen molar-refractivity contribution in [1.29, 1.82) is 0 Å². The third-order valence-corrected chi connectivity index (χ3v) is 6.05. The standard InChI is InChI=1S/C23H20N2S2/c1-2-26-23-16-22(24-20-10-6-7-11-21(20)25-23)17-12-14-19(15-13-17)27-18-8-4-3-5-9-18/h3-15H,2,16H2,1H3. The Kier molecular flexibility index (Phi) is 5.75. The molecule has 134 valence electrons. The molecule has 1 heterocycles. The van der Waals surface area contributed by atoms with Crippen molar-refractivity contribution in [2.75, 3.05) is 5.75 Å². The average molecular weight is 389 g/mol. The highest BCUT2D eigenvalue weighted by Gasteiger charge is 2.15. The predicted octanol–water partition coefficient (Wildman–Crippen LogP) is 7.15. The van der Waals surface area contributed by atoms with Gasteiger partial charge in [0.2, 0.25) is 0 Å². The van der Waals surface area contributed by atoms with Crippen LogP contribution >= 0.6 is 23.5 Å². The molecule has 0 aromatic heterocycles. The lowest BCUT2D eigenvalue weighted by Crippen LogP contribution is -2.06. The van der Waals surface area contributed by atoms with Crippen molar-refractivity contribution in [2.45, 2.75) is 23.1 Å². The van der Waals surface area contributed by atoms with Gasteiger partial charge in [-0.05, 0) is 47.7 Å². The zero-order valence-corrected chi connectivity index (χ0v) is 16.8. The van der Waals surface area contributed by atoms with Crippen molar-refractivity contribution in [3.63, 3.8) is 0 Å². The van der Waals surface area contributed by atoms with Crippen molar-refractivity contribution in [1.82, 2.24) is 0 Å². The molecule has 1 aliphatic rings. The summed E-state index contributed by atoms with van der Waals surface area (Å²) in [6.45, 7) is 2.16. The van der Waals surface area contributed by atoms with Crippen LogP contribution in [0.15, 0.2) is 98.6 Å². The molecule has 3 aromatic carbocycles. The monoisotopic (exact) mass is 388 g/mol. The van der Waals surface area contributed by atoms with E-state index < -0.39 is 0 Å². The Hall–Kier alpha value is -2.30. The fraction of sp³-hybridized carbons (Fsp3) is 0.130. The first-order valence-corrected chi connectivity index (χ1v) is 10.8. The molecule has 0 spiro atoms. The van der Waals surface area contributed by atoms with Crippen molar-refractivity contribution < 1.29 is 0 Å². The van der Waals surface area contributed by atoms with E-state index in [0.717, 1.165) is 39.9 Å². The number of nitrogens with zero attached hydrogens (tertiary/aromatic N) is 2. The van der Waals surface area contributed by atoms with E-state index in [9.17, 15) is 0 Å². The highest BCUT2D eigenvalue weighted by Crippen LogP contribution is 2.34. The van der Waals surface area contributed by atoms with E-state index >= 15 is 0 Å². The molecule has 0 saturated carbocycles. The summed E-state index contributed by atoms with van der Waals surface area (Å²) in [6.07, 6.45) is 0.776. The minimum Gasteiger partial charge on any atom is -0.250 e. The first kappa shape index (κ1) is 18.1. The molecule has 0 unspecified atom stereocenters. The number of thioether (sulfide) groups is 1. The molecule has 0 bridgehead atoms. The minimum absolute atomic E-state index is 0.776. The molecule has 4 heteroatoms. The van der Waals surface area contributed by atoms with Gasteiger partial charge in [-0.3, -0.25) is 4.99 Å². The topological polar surface area (TPSA) is 24.7 Å². The maximum absolute atomic E-state index is 4.94. The fourth-order valence-electron chi connectivity index (χ4n) is 2.91. The molecule has 0 aliphatic carbocycles. The molecule has 27 heavy (non-hydrogen) atoms. The second-order valence-electron chi connectivity index (χ2n) is 6.10. The number of para-hydroxylation sites is 2. The van der Waals surface area contributed by atoms with Crippen LogP contribution < -0.4 is 0 Å². The SMILES string of the molecule is CCSC1=Nc2ccccc2N=C(c2ccc(Sc3ccccc3)cc2)C1. The quantitative estimate of drug-likeness (QED) is 0.474. The number of aliphatic imine (C=N–C) groups is 2. The summed E-state index contributed by atoms with van der Waals surface area (Å²) >= 11 is 3.57. The number of hydrogen-bond donors (Lipinski definition) is 0. The highest BCUT2D eigenvalue weighted by molar-refractivity contribution is 8.14. The molecular formula is C23H20N2S2. The predicted molar refractivity (Wildman–Crippen MR) is 119 cm³/mol. The normalized spacial score (nSPS) is 13.4. The number of rotatable bonds is 4. The number of fused-ring (bicyclic) bond motifs is 1. The van der Waals surface area contributed by atoms with Gasteiger partial charge < -0.3 is 0 Å². The molecule has 0 saturated heterocycles. The summed E-state index contributed by atoms with van der Waals surface area (Å²) in [6, 6.07) is 27.3. The lowest BCUT2D eigenvalue weighted by molar-refractivity contribution is 1.38. The Bertz CT molecular complexity index is 977. The van der Waals surface area contributed by atoms with E-state index in [-0.39, 0.29) is 0 Å². The second-order valence-corrected chi connectivity index (χ2v) is 8.59. The van der Waals surface area contributed by atoms with E-state index in [4.69, 9.17) is 9.98 Å². The van der Waals surface area contributed by atoms with Crippen LogP contribution in [0, 0.1) is 0 Å². The average Bonchev–Trinajstić information content (AvgIpc) is 2.89. The molecule has 1 aliphatic heterocycles. The van der Waals surface area contributed by atoms with Crippen molar-refractivity contribution in [2.24, 2.45) is 9.98 Å². The van der Waals surface area contributed by atoms with E-state index in [1.165, 1.54) is 9.79 Å². The van der Waals surface area contributed by atoms with Crippen LogP contribution in [0.5, 0.6) is 0 Å². The first-order chi connectivity index (χ1) is 13.3. The zero-order chi connectivity index (χ0) is 18.5. The second kappa shape index (κ2) is 8.59. The van der Waals surface area contributed by atoms with E-state index in [2.05, 4.69) is 55.5 Å². The number of hydrogen-bond acceptors (Lipinski definition) is 4. The Balaban J connectivity index is 1.62. The van der Waals surface area contributed by atoms with Crippen LogP contribution in [-0.4, -0.2) is 16.5 Å². The van der Waals surface area contributed by atoms with Gasteiger partial charge in [0.05, 0.1) is 22.1 Å². The lowest BCUT2D eigenvalue weighted by atomic mass is 10.1. The first-order valence-electron chi connectivity index (χ1n) is 9.02. The molecule has 3 aromatic rings. The molecule has 0 N–H and O–H groups in total. The van der Waals surface area contributed by atoms with Crippen molar-refractivity contribution >= 4 is 45.7 Å². The molecule has 0 radical (unpaired) electrons. The van der Waals surface area contributed by atoms with E-state index in [0.29, 0.717) is 0 Å². The summed E-state index contributed by atoms with van der Waals surface area (Å²) < 4.78 is 0. The Labute approximate surface area is 168 Å². The maximum atomic E-state index is 4.94. The molecule has 0 atom stereocenters. The van der Waals surface area contributed by atoms with Gasteiger partial charge in [0.25, 0.3) is 0 Å². The van der Waals surface area contributed by atoms with Crippen LogP contribution in [0.1, 0.15) is 18.9 Å². The summed E-state index contributed by atoms with van der Waals surface area (Å²) in [5.41, 5.74) is 4.14. The summed E-state index contributed by atoms with van der Waals surface area (Å²) in [4.78, 5) is 12.3. The third kappa shape index (κ3) is 4.52. The van der Waals surface area contributed by atoms with Crippen molar-refractivity contribution in [3.05, 3.63) is 84.4 Å². The van der Waals surface area contributed by atoms with Gasteiger partial charge in [0, 0.05) is 16.2 Å². The van der Waals surface area contributed by atoms with Crippen LogP contribution in [0.3, 0.4) is 0 Å². The lowest BCUT2D eigenvalue weighted by Gasteiger charge is -2.08. The number of benzene rings is 3. The summed E-state index contributed by atoms with van der Waals surface area (Å²) in [5, 5.41) is 1.13. The Morgan fingerprint density at radius 3 is 2.07 bits per heavy atom. The minimum atomic E-state index is 0.776. The molecule has 2 nitrogen and oxygen atoms in total. The van der Waals surface area contributed by atoms with Gasteiger partial charge in [0.1, 0.15) is 0 Å². The van der Waals surface area contributed by atoms with Gasteiger partial charge >= 0.3 is 0 Å². The highest BCUT2D eigenvalue weighted by atomic mass is 32.2. The van der Waals surface area contributed by atoms with Crippen LogP contribution in [0.4, 0.5) is 11.4 Å². The molecular weight excluding hydrogens is 368 g/mol. The molecule has 4 rings (SSSR count). The smallest absolute Gasteiger partial charge is 0.0896 e. The van der Waals surface area contributed by atoms with Gasteiger partial charge in [0.15, 0.2) is 0 Å². The third-order valence-electron chi connectivity index (χ3n) is 4.18. The van der Waals surface area contributed by atoms with Crippen molar-refractivity contribution in [3.8, 4) is 0 Å². The summed E-state index contributed by atoms with van der Waals surface area (Å²) in [5.74, 6) is 1.01. The Morgan fingerprint density at radius 1 is 0.741 bits per heavy atom. The summed E-state index contributed by atoms with van der Waals surface area (Å²) in [7, 11) is 0.